The first kappa shape index (κ1) is 6.16. The fourth-order valence-corrected chi connectivity index (χ4v) is 16.3. The maximum atomic E-state index is 2.61. The van der Waals surface area contributed by atoms with Gasteiger partial charge in [0.1, 0.15) is 0 Å². The lowest BCUT2D eigenvalue weighted by molar-refractivity contribution is 0.885. The van der Waals surface area contributed by atoms with E-state index in [9.17, 15) is 0 Å². The second-order valence-corrected chi connectivity index (χ2v) is 13.0. The zero-order chi connectivity index (χ0) is 6.48. The average molecular weight is 155 g/mol. The molecule has 2 heteroatoms. The minimum atomic E-state index is -0.575. The van der Waals surface area contributed by atoms with Crippen LogP contribution in [-0.2, 0) is 0 Å². The summed E-state index contributed by atoms with van der Waals surface area (Å²) in [6.45, 7) is 5.21. The Hall–Kier alpha value is 0.434. The summed E-state index contributed by atoms with van der Waals surface area (Å²) in [4.78, 5) is 0. The highest BCUT2D eigenvalue weighted by atomic mass is 28.4. The molecule has 0 N–H and O–H groups in total. The molecule has 0 saturated carbocycles. The molecule has 2 aliphatic heterocycles. The molecule has 0 aromatic heterocycles. The van der Waals surface area contributed by atoms with Crippen molar-refractivity contribution in [2.75, 3.05) is 0 Å². The number of hydrogen-bond donors (Lipinski definition) is 0. The maximum Gasteiger partial charge on any atom is 0.310 e. The molecule has 0 aromatic rings. The van der Waals surface area contributed by atoms with Gasteiger partial charge >= 0.3 is 8.80 Å². The first-order valence-corrected chi connectivity index (χ1v) is 9.43. The Morgan fingerprint density at radius 2 is 2.22 bits per heavy atom. The Labute approximate surface area is 60.3 Å². The summed E-state index contributed by atoms with van der Waals surface area (Å²) < 4.78 is 0. The lowest BCUT2D eigenvalue weighted by atomic mass is 10.4. The van der Waals surface area contributed by atoms with Crippen LogP contribution in [0.5, 0.6) is 0 Å². The Kier molecular flexibility index (Phi) is 1.18. The highest BCUT2D eigenvalue weighted by Crippen LogP contribution is 2.50. The van der Waals surface area contributed by atoms with Gasteiger partial charge in [-0.3, -0.25) is 0 Å². The van der Waals surface area contributed by atoms with Crippen molar-refractivity contribution in [3.63, 3.8) is 0 Å². The lowest BCUT2D eigenvalue weighted by Gasteiger charge is -2.21. The molecule has 2 heterocycles. The summed E-state index contributed by atoms with van der Waals surface area (Å²) in [6.07, 6.45) is 1.63. The van der Waals surface area contributed by atoms with Crippen molar-refractivity contribution in [2.45, 2.75) is 42.8 Å². The molecule has 0 aromatic carbocycles. The van der Waals surface area contributed by atoms with Crippen LogP contribution in [0.15, 0.2) is 0 Å². The number of fused-ring (bicyclic) bond motifs is 2. The van der Waals surface area contributed by atoms with Crippen molar-refractivity contribution in [3.8, 4) is 0 Å². The molecule has 2 saturated heterocycles. The molecular weight excluding hydrogens is 140 g/mol. The van der Waals surface area contributed by atoms with Crippen molar-refractivity contribution >= 4 is 16.9 Å². The van der Waals surface area contributed by atoms with Gasteiger partial charge in [-0.2, -0.15) is 0 Å². The van der Waals surface area contributed by atoms with E-state index in [1.165, 1.54) is 5.54 Å². The van der Waals surface area contributed by atoms with Gasteiger partial charge in [0.15, 0.2) is 0 Å². The molecular formula is C7H15Si2+. The van der Waals surface area contributed by atoms with Crippen LogP contribution in [0.4, 0.5) is 0 Å². The SMILES string of the molecule is C[Si]1(C)C[Si+]2CCC1C2. The van der Waals surface area contributed by atoms with Gasteiger partial charge < -0.3 is 0 Å². The minimum Gasteiger partial charge on any atom is -0.0667 e. The molecule has 2 fully saturated rings. The molecule has 1 unspecified atom stereocenters. The van der Waals surface area contributed by atoms with E-state index >= 15 is 0 Å². The topological polar surface area (TPSA) is 0 Å². The Bertz CT molecular complexity index is 131. The van der Waals surface area contributed by atoms with Crippen LogP contribution < -0.4 is 0 Å². The van der Waals surface area contributed by atoms with Gasteiger partial charge in [-0.1, -0.05) is 13.1 Å². The Balaban J connectivity index is 2.18. The van der Waals surface area contributed by atoms with Crippen LogP contribution in [0, 0.1) is 0 Å². The second-order valence-electron chi connectivity index (χ2n) is 4.36. The van der Waals surface area contributed by atoms with Crippen LogP contribution in [0.1, 0.15) is 6.42 Å². The van der Waals surface area contributed by atoms with Crippen molar-refractivity contribution < 1.29 is 0 Å². The largest absolute Gasteiger partial charge is 0.310 e. The average Bonchev–Trinajstić information content (AvgIpc) is 2.19. The monoisotopic (exact) mass is 155 g/mol. The highest BCUT2D eigenvalue weighted by molar-refractivity contribution is 6.95. The summed E-state index contributed by atoms with van der Waals surface area (Å²) in [6, 6.07) is 3.38. The van der Waals surface area contributed by atoms with Crippen molar-refractivity contribution in [1.29, 1.82) is 0 Å². The zero-order valence-electron chi connectivity index (χ0n) is 6.41. The van der Waals surface area contributed by atoms with Crippen LogP contribution in [0.25, 0.3) is 0 Å². The lowest BCUT2D eigenvalue weighted by Crippen LogP contribution is -2.30. The van der Waals surface area contributed by atoms with Gasteiger partial charge in [0.25, 0.3) is 0 Å². The number of rotatable bonds is 0. The molecule has 2 aliphatic rings. The molecule has 0 amide bonds. The van der Waals surface area contributed by atoms with Crippen LogP contribution in [-0.4, -0.2) is 16.9 Å². The summed E-state index contributed by atoms with van der Waals surface area (Å²) in [5.74, 6) is 0. The quantitative estimate of drug-likeness (QED) is 0.472. The summed E-state index contributed by atoms with van der Waals surface area (Å²) >= 11 is 0. The van der Waals surface area contributed by atoms with Crippen molar-refractivity contribution in [2.24, 2.45) is 0 Å². The van der Waals surface area contributed by atoms with Gasteiger partial charge in [0.05, 0.1) is 25.8 Å². The number of hydrogen-bond acceptors (Lipinski definition) is 0. The van der Waals surface area contributed by atoms with E-state index in [2.05, 4.69) is 13.1 Å². The van der Waals surface area contributed by atoms with Gasteiger partial charge in [-0.25, -0.2) is 0 Å². The van der Waals surface area contributed by atoms with Crippen LogP contribution in [0.2, 0.25) is 36.4 Å². The molecule has 0 nitrogen and oxygen atoms in total. The first-order chi connectivity index (χ1) is 4.18. The van der Waals surface area contributed by atoms with Gasteiger partial charge in [0.2, 0.25) is 0 Å². The second kappa shape index (κ2) is 1.73. The zero-order valence-corrected chi connectivity index (χ0v) is 8.41. The standard InChI is InChI=1S/C7H15Si2/c1-9(2)6-8-4-3-7(9)5-8/h7H,3-6H2,1-2H3/q+1. The smallest absolute Gasteiger partial charge is 0.0667 e. The maximum absolute atomic E-state index is 2.61. The third-order valence-corrected chi connectivity index (χ3v) is 14.0. The molecule has 2 bridgehead atoms. The van der Waals surface area contributed by atoms with Crippen LogP contribution >= 0.6 is 0 Å². The summed E-state index contributed by atoms with van der Waals surface area (Å²) in [5, 5.41) is 0. The molecule has 50 valence electrons. The highest BCUT2D eigenvalue weighted by Gasteiger charge is 2.56. The van der Waals surface area contributed by atoms with E-state index < -0.39 is 8.07 Å². The van der Waals surface area contributed by atoms with Gasteiger partial charge in [0, 0.05) is 0 Å². The van der Waals surface area contributed by atoms with Gasteiger partial charge in [-0.15, -0.1) is 0 Å². The van der Waals surface area contributed by atoms with E-state index in [0.29, 0.717) is 0 Å². The molecule has 1 atom stereocenters. The predicted molar refractivity (Wildman–Crippen MR) is 46.0 cm³/mol. The van der Waals surface area contributed by atoms with Crippen molar-refractivity contribution in [1.82, 2.24) is 0 Å². The predicted octanol–water partition coefficient (Wildman–Crippen LogP) is 2.52. The fourth-order valence-electron chi connectivity index (χ4n) is 2.55. The van der Waals surface area contributed by atoms with Crippen molar-refractivity contribution in [3.05, 3.63) is 0 Å². The molecule has 0 radical (unpaired) electrons. The van der Waals surface area contributed by atoms with E-state index in [1.54, 1.807) is 24.2 Å². The van der Waals surface area contributed by atoms with E-state index in [0.717, 1.165) is 0 Å². The summed E-state index contributed by atoms with van der Waals surface area (Å²) in [5.41, 5.74) is 3.02. The third kappa shape index (κ3) is 0.836. The normalized spacial score (nSPS) is 38.0. The molecule has 9 heavy (non-hydrogen) atoms. The Morgan fingerprint density at radius 1 is 1.44 bits per heavy atom. The van der Waals surface area contributed by atoms with E-state index in [1.807, 2.05) is 0 Å². The summed E-state index contributed by atoms with van der Waals surface area (Å²) in [7, 11) is -0.297. The molecule has 2 rings (SSSR count). The van der Waals surface area contributed by atoms with E-state index in [-0.39, 0.29) is 8.80 Å². The minimum absolute atomic E-state index is 0.278. The Morgan fingerprint density at radius 3 is 2.44 bits per heavy atom. The third-order valence-electron chi connectivity index (χ3n) is 3.19. The van der Waals surface area contributed by atoms with E-state index in [4.69, 9.17) is 0 Å². The molecule has 0 aliphatic carbocycles. The van der Waals surface area contributed by atoms with Gasteiger partial charge in [-0.05, 0) is 12.0 Å². The first-order valence-electron chi connectivity index (χ1n) is 4.02. The van der Waals surface area contributed by atoms with Crippen LogP contribution in [0.3, 0.4) is 0 Å². The molecule has 0 spiro atoms. The fraction of sp³-hybridized carbons (Fsp3) is 1.00.